The molecule has 1 heterocycles. The minimum absolute atomic E-state index is 0.00553. The Hall–Kier alpha value is -2.85. The van der Waals surface area contributed by atoms with Gasteiger partial charge in [0.2, 0.25) is 0 Å². The number of nitrogens with two attached hydrogens (primary N) is 1. The van der Waals surface area contributed by atoms with Gasteiger partial charge in [-0.2, -0.15) is 12.6 Å². The average molecular weight is 450 g/mol. The average Bonchev–Trinajstić information content (AvgIpc) is 3.02. The fourth-order valence-electron chi connectivity index (χ4n) is 3.14. The van der Waals surface area contributed by atoms with Crippen molar-refractivity contribution >= 4 is 41.9 Å². The summed E-state index contributed by atoms with van der Waals surface area (Å²) in [6.45, 7) is 5.68. The number of hydrazine groups is 1. The van der Waals surface area contributed by atoms with Crippen molar-refractivity contribution in [2.24, 2.45) is 5.84 Å². The maximum absolute atomic E-state index is 12.2. The minimum atomic E-state index is -0.693. The molecule has 3 amide bonds. The largest absolute Gasteiger partial charge is 0.494 e. The summed E-state index contributed by atoms with van der Waals surface area (Å²) < 4.78 is 4.92. The van der Waals surface area contributed by atoms with Gasteiger partial charge in [0.25, 0.3) is 17.7 Å². The van der Waals surface area contributed by atoms with Gasteiger partial charge in [-0.1, -0.05) is 12.1 Å². The zero-order valence-electron chi connectivity index (χ0n) is 17.8. The quantitative estimate of drug-likeness (QED) is 0.0999. The van der Waals surface area contributed by atoms with Gasteiger partial charge in [0.15, 0.2) is 0 Å². The third-order valence-electron chi connectivity index (χ3n) is 4.63. The molecule has 0 spiro atoms. The van der Waals surface area contributed by atoms with E-state index in [-0.39, 0.29) is 25.9 Å². The first kappa shape index (κ1) is 24.4. The summed E-state index contributed by atoms with van der Waals surface area (Å²) in [7, 11) is 0. The second kappa shape index (κ2) is 10.5. The van der Waals surface area contributed by atoms with Gasteiger partial charge in [0.1, 0.15) is 5.75 Å². The van der Waals surface area contributed by atoms with E-state index in [1.165, 1.54) is 0 Å². The van der Waals surface area contributed by atoms with Crippen LogP contribution >= 0.6 is 12.6 Å². The molecule has 0 radical (unpaired) electrons. The zero-order valence-corrected chi connectivity index (χ0v) is 18.7. The van der Waals surface area contributed by atoms with Crippen molar-refractivity contribution in [1.82, 2.24) is 10.5 Å². The van der Waals surface area contributed by atoms with Crippen molar-refractivity contribution < 1.29 is 28.8 Å². The normalized spacial score (nSPS) is 14.9. The van der Waals surface area contributed by atoms with E-state index in [2.05, 4.69) is 18.1 Å². The molecule has 9 nitrogen and oxygen atoms in total. The van der Waals surface area contributed by atoms with Crippen LogP contribution in [0.15, 0.2) is 29.8 Å². The fourth-order valence-corrected chi connectivity index (χ4v) is 3.41. The Morgan fingerprint density at radius 2 is 1.74 bits per heavy atom. The molecule has 1 fully saturated rings. The fraction of sp³-hybridized carbons (Fsp3) is 0.429. The molecule has 1 aromatic carbocycles. The summed E-state index contributed by atoms with van der Waals surface area (Å²) in [6, 6.07) is 7.13. The van der Waals surface area contributed by atoms with Crippen LogP contribution in [-0.4, -0.2) is 40.1 Å². The monoisotopic (exact) mass is 449 g/mol. The smallest absolute Gasteiger partial charge is 0.333 e. The predicted molar refractivity (Wildman–Crippen MR) is 116 cm³/mol. The molecule has 168 valence electrons. The number of nitrogens with zero attached hydrogens (tertiary/aromatic N) is 1. The van der Waals surface area contributed by atoms with Crippen molar-refractivity contribution in [3.05, 3.63) is 35.4 Å². The summed E-state index contributed by atoms with van der Waals surface area (Å²) >= 11 is 4.50. The van der Waals surface area contributed by atoms with Crippen LogP contribution in [-0.2, 0) is 24.0 Å². The number of nitrogens with one attached hydrogen (secondary N) is 1. The summed E-state index contributed by atoms with van der Waals surface area (Å²) in [4.78, 5) is 51.6. The lowest BCUT2D eigenvalue weighted by molar-refractivity contribution is -0.197. The number of ether oxygens (including phenoxy) is 1. The number of amides is 3. The Labute approximate surface area is 186 Å². The third-order valence-corrected chi connectivity index (χ3v) is 4.85. The van der Waals surface area contributed by atoms with Crippen LogP contribution in [0, 0.1) is 0 Å². The predicted octanol–water partition coefficient (Wildman–Crippen LogP) is 1.92. The maximum Gasteiger partial charge on any atom is 0.333 e. The van der Waals surface area contributed by atoms with Gasteiger partial charge in [-0.25, -0.2) is 10.6 Å². The van der Waals surface area contributed by atoms with Crippen molar-refractivity contribution in [2.45, 2.75) is 51.2 Å². The molecule has 0 aliphatic carbocycles. The summed E-state index contributed by atoms with van der Waals surface area (Å²) in [5.41, 5.74) is 4.17. The highest BCUT2D eigenvalue weighted by atomic mass is 32.1. The molecule has 3 N–H and O–H groups in total. The van der Waals surface area contributed by atoms with E-state index in [0.717, 1.165) is 11.1 Å². The zero-order chi connectivity index (χ0) is 23.2. The van der Waals surface area contributed by atoms with Crippen molar-refractivity contribution in [2.75, 3.05) is 6.61 Å². The van der Waals surface area contributed by atoms with Crippen LogP contribution in [0.4, 0.5) is 0 Å². The molecule has 0 aromatic heterocycles. The number of rotatable bonds is 9. The van der Waals surface area contributed by atoms with Crippen LogP contribution in [0.1, 0.15) is 52.0 Å². The van der Waals surface area contributed by atoms with E-state index >= 15 is 0 Å². The molecule has 0 atom stereocenters. The molecule has 10 heteroatoms. The number of hydrogen-bond donors (Lipinski definition) is 3. The van der Waals surface area contributed by atoms with Crippen LogP contribution in [0.5, 0.6) is 5.75 Å². The van der Waals surface area contributed by atoms with Gasteiger partial charge >= 0.3 is 5.97 Å². The molecule has 2 rings (SSSR count). The highest BCUT2D eigenvalue weighted by molar-refractivity contribution is 7.82. The molecule has 1 aliphatic rings. The van der Waals surface area contributed by atoms with Crippen molar-refractivity contribution in [1.29, 1.82) is 0 Å². The number of hydroxylamine groups is 2. The van der Waals surface area contributed by atoms with Gasteiger partial charge in [-0.15, -0.1) is 5.06 Å². The second-order valence-electron chi connectivity index (χ2n) is 7.55. The van der Waals surface area contributed by atoms with E-state index in [1.807, 2.05) is 32.9 Å². The SMILES string of the molecule is C/C(=C(/C(=O)NN)C(C)(C)S)c1ccc(OCCCC(=O)ON2C(=O)CCC2=O)cc1. The van der Waals surface area contributed by atoms with Crippen molar-refractivity contribution in [3.8, 4) is 5.75 Å². The Kier molecular flexibility index (Phi) is 8.23. The van der Waals surface area contributed by atoms with Crippen LogP contribution in [0.25, 0.3) is 5.57 Å². The molecule has 0 saturated carbocycles. The Bertz CT molecular complexity index is 873. The van der Waals surface area contributed by atoms with E-state index in [9.17, 15) is 19.2 Å². The van der Waals surface area contributed by atoms with Gasteiger partial charge in [-0.3, -0.25) is 19.8 Å². The topological polar surface area (TPSA) is 128 Å². The second-order valence-corrected chi connectivity index (χ2v) is 8.67. The molecule has 31 heavy (non-hydrogen) atoms. The van der Waals surface area contributed by atoms with Crippen LogP contribution < -0.4 is 16.0 Å². The minimum Gasteiger partial charge on any atom is -0.494 e. The first-order valence-corrected chi connectivity index (χ1v) is 10.2. The van der Waals surface area contributed by atoms with Crippen LogP contribution in [0.2, 0.25) is 0 Å². The number of hydrogen-bond acceptors (Lipinski definition) is 8. The first-order chi connectivity index (χ1) is 14.5. The number of imide groups is 1. The van der Waals surface area contributed by atoms with Gasteiger partial charge in [0.05, 0.1) is 13.0 Å². The van der Waals surface area contributed by atoms with E-state index in [1.54, 1.807) is 12.1 Å². The lowest BCUT2D eigenvalue weighted by Gasteiger charge is -2.23. The number of allylic oxidation sites excluding steroid dienone is 1. The lowest BCUT2D eigenvalue weighted by atomic mass is 9.92. The van der Waals surface area contributed by atoms with Gasteiger partial charge in [0, 0.05) is 23.2 Å². The summed E-state index contributed by atoms with van der Waals surface area (Å²) in [6.07, 6.45) is 0.476. The van der Waals surface area contributed by atoms with E-state index < -0.39 is 28.4 Å². The summed E-state index contributed by atoms with van der Waals surface area (Å²) in [5, 5.41) is 0.531. The third kappa shape index (κ3) is 6.56. The highest BCUT2D eigenvalue weighted by Crippen LogP contribution is 2.31. The molecule has 0 unspecified atom stereocenters. The molecule has 1 saturated heterocycles. The molecular formula is C21H27N3O6S. The number of thiol groups is 1. The summed E-state index contributed by atoms with van der Waals surface area (Å²) in [5.74, 6) is 3.81. The lowest BCUT2D eigenvalue weighted by Crippen LogP contribution is -2.37. The molecule has 1 aliphatic heterocycles. The number of carbonyl (C=O) groups excluding carboxylic acids is 4. The Balaban J connectivity index is 1.89. The first-order valence-electron chi connectivity index (χ1n) is 9.79. The van der Waals surface area contributed by atoms with Crippen LogP contribution in [0.3, 0.4) is 0 Å². The van der Waals surface area contributed by atoms with Crippen molar-refractivity contribution in [3.63, 3.8) is 0 Å². The van der Waals surface area contributed by atoms with E-state index in [0.29, 0.717) is 22.8 Å². The molecule has 0 bridgehead atoms. The molecule has 1 aromatic rings. The Morgan fingerprint density at radius 3 is 2.26 bits per heavy atom. The Morgan fingerprint density at radius 1 is 1.16 bits per heavy atom. The highest BCUT2D eigenvalue weighted by Gasteiger charge is 2.32. The van der Waals surface area contributed by atoms with E-state index in [4.69, 9.17) is 15.4 Å². The number of benzene rings is 1. The molecular weight excluding hydrogens is 422 g/mol. The van der Waals surface area contributed by atoms with Gasteiger partial charge in [-0.05, 0) is 50.5 Å². The number of carbonyl (C=O) groups is 4. The maximum atomic E-state index is 12.2. The van der Waals surface area contributed by atoms with Gasteiger partial charge < -0.3 is 9.57 Å². The standard InChI is InChI=1S/C21H27N3O6S/c1-13(19(20(28)23-22)21(2,3)31)14-6-8-15(9-7-14)29-12-4-5-18(27)30-24-16(25)10-11-17(24)26/h6-9,31H,4-5,10-12,22H2,1-3H3,(H,23,28)/b19-13+.